The van der Waals surface area contributed by atoms with Crippen LogP contribution in [0, 0.1) is 11.3 Å². The number of nitrogens with zero attached hydrogens (tertiary/aromatic N) is 1. The van der Waals surface area contributed by atoms with Crippen LogP contribution in [0.5, 0.6) is 0 Å². The van der Waals surface area contributed by atoms with Crippen molar-refractivity contribution in [2.75, 3.05) is 20.3 Å². The molecular weight excluding hydrogens is 234 g/mol. The van der Waals surface area contributed by atoms with Crippen LogP contribution in [-0.2, 0) is 14.3 Å². The Balaban J connectivity index is 2.00. The Labute approximate surface area is 107 Å². The molecule has 1 saturated carbocycles. The minimum atomic E-state index is -0.792. The third-order valence-corrected chi connectivity index (χ3v) is 4.42. The van der Waals surface area contributed by atoms with Gasteiger partial charge in [0.05, 0.1) is 11.3 Å². The van der Waals surface area contributed by atoms with Crippen molar-refractivity contribution in [3.8, 4) is 0 Å². The summed E-state index contributed by atoms with van der Waals surface area (Å²) >= 11 is 0. The van der Waals surface area contributed by atoms with E-state index in [0.29, 0.717) is 19.6 Å². The predicted molar refractivity (Wildman–Crippen MR) is 65.1 cm³/mol. The molecule has 0 spiro atoms. The van der Waals surface area contributed by atoms with Crippen molar-refractivity contribution < 1.29 is 19.4 Å². The Morgan fingerprint density at radius 1 is 1.44 bits per heavy atom. The topological polar surface area (TPSA) is 66.8 Å². The highest BCUT2D eigenvalue weighted by Gasteiger charge is 2.53. The van der Waals surface area contributed by atoms with E-state index < -0.39 is 11.9 Å². The SMILES string of the molecule is COCCC1(C(=O)N2CCC(C(=O)O)C2C)CC1. The first-order valence-electron chi connectivity index (χ1n) is 6.55. The molecule has 0 aromatic carbocycles. The van der Waals surface area contributed by atoms with Crippen LogP contribution in [0.1, 0.15) is 32.6 Å². The van der Waals surface area contributed by atoms with Crippen molar-refractivity contribution in [1.82, 2.24) is 4.90 Å². The van der Waals surface area contributed by atoms with Gasteiger partial charge >= 0.3 is 5.97 Å². The number of methoxy groups -OCH3 is 1. The van der Waals surface area contributed by atoms with Crippen molar-refractivity contribution in [2.24, 2.45) is 11.3 Å². The fourth-order valence-electron chi connectivity index (χ4n) is 2.88. The van der Waals surface area contributed by atoms with E-state index in [9.17, 15) is 9.59 Å². The van der Waals surface area contributed by atoms with Gasteiger partial charge in [-0.15, -0.1) is 0 Å². The van der Waals surface area contributed by atoms with E-state index in [1.54, 1.807) is 12.0 Å². The third kappa shape index (κ3) is 2.23. The zero-order valence-corrected chi connectivity index (χ0v) is 11.0. The minimum Gasteiger partial charge on any atom is -0.481 e. The van der Waals surface area contributed by atoms with Gasteiger partial charge in [-0.1, -0.05) is 0 Å². The van der Waals surface area contributed by atoms with Crippen molar-refractivity contribution in [2.45, 2.75) is 38.6 Å². The molecule has 2 rings (SSSR count). The lowest BCUT2D eigenvalue weighted by Gasteiger charge is -2.28. The molecule has 2 aliphatic rings. The van der Waals surface area contributed by atoms with Crippen molar-refractivity contribution in [3.05, 3.63) is 0 Å². The molecule has 2 atom stereocenters. The second-order valence-corrected chi connectivity index (χ2v) is 5.50. The number of ether oxygens (including phenoxy) is 1. The smallest absolute Gasteiger partial charge is 0.308 e. The van der Waals surface area contributed by atoms with Crippen LogP contribution in [0.4, 0.5) is 0 Å². The zero-order chi connectivity index (χ0) is 13.3. The molecule has 5 heteroatoms. The predicted octanol–water partition coefficient (Wildman–Crippen LogP) is 1.12. The van der Waals surface area contributed by atoms with Gasteiger partial charge in [0.2, 0.25) is 5.91 Å². The molecule has 2 unspecified atom stereocenters. The molecule has 1 heterocycles. The molecule has 1 aliphatic heterocycles. The van der Waals surface area contributed by atoms with Crippen molar-refractivity contribution >= 4 is 11.9 Å². The summed E-state index contributed by atoms with van der Waals surface area (Å²) in [4.78, 5) is 25.3. The summed E-state index contributed by atoms with van der Waals surface area (Å²) in [6.07, 6.45) is 3.15. The first kappa shape index (κ1) is 13.3. The second-order valence-electron chi connectivity index (χ2n) is 5.50. The van der Waals surface area contributed by atoms with E-state index in [0.717, 1.165) is 19.3 Å². The molecule has 18 heavy (non-hydrogen) atoms. The zero-order valence-electron chi connectivity index (χ0n) is 11.0. The quantitative estimate of drug-likeness (QED) is 0.799. The number of amides is 1. The van der Waals surface area contributed by atoms with Crippen LogP contribution in [0.3, 0.4) is 0 Å². The fourth-order valence-corrected chi connectivity index (χ4v) is 2.88. The number of likely N-dealkylation sites (tertiary alicyclic amines) is 1. The Kier molecular flexibility index (Phi) is 3.61. The molecule has 0 bridgehead atoms. The summed E-state index contributed by atoms with van der Waals surface area (Å²) in [5, 5.41) is 9.09. The average molecular weight is 255 g/mol. The summed E-state index contributed by atoms with van der Waals surface area (Å²) in [6, 6.07) is -0.185. The molecular formula is C13H21NO4. The average Bonchev–Trinajstić information content (AvgIpc) is 3.03. The van der Waals surface area contributed by atoms with Crippen LogP contribution in [-0.4, -0.2) is 48.2 Å². The van der Waals surface area contributed by atoms with Gasteiger partial charge in [-0.2, -0.15) is 0 Å². The van der Waals surface area contributed by atoms with Crippen LogP contribution >= 0.6 is 0 Å². The van der Waals surface area contributed by atoms with E-state index in [1.165, 1.54) is 0 Å². The molecule has 1 aliphatic carbocycles. The minimum absolute atomic E-state index is 0.135. The molecule has 0 aromatic rings. The van der Waals surface area contributed by atoms with Crippen LogP contribution in [0.15, 0.2) is 0 Å². The van der Waals surface area contributed by atoms with Crippen molar-refractivity contribution in [3.63, 3.8) is 0 Å². The van der Waals surface area contributed by atoms with Gasteiger partial charge in [-0.3, -0.25) is 9.59 Å². The number of hydrogen-bond donors (Lipinski definition) is 1. The lowest BCUT2D eigenvalue weighted by molar-refractivity contribution is -0.144. The molecule has 1 N–H and O–H groups in total. The molecule has 0 aromatic heterocycles. The van der Waals surface area contributed by atoms with E-state index in [2.05, 4.69) is 0 Å². The molecule has 1 saturated heterocycles. The normalized spacial score (nSPS) is 29.3. The van der Waals surface area contributed by atoms with Crippen LogP contribution < -0.4 is 0 Å². The summed E-state index contributed by atoms with van der Waals surface area (Å²) in [6.45, 7) is 3.01. The number of carboxylic acid groups (broad SMARTS) is 1. The van der Waals surface area contributed by atoms with Crippen LogP contribution in [0.2, 0.25) is 0 Å². The molecule has 102 valence electrons. The molecule has 5 nitrogen and oxygen atoms in total. The van der Waals surface area contributed by atoms with Gasteiger partial charge in [-0.25, -0.2) is 0 Å². The summed E-state index contributed by atoms with van der Waals surface area (Å²) in [5.41, 5.74) is -0.252. The molecule has 2 fully saturated rings. The van der Waals surface area contributed by atoms with E-state index in [4.69, 9.17) is 9.84 Å². The lowest BCUT2D eigenvalue weighted by Crippen LogP contribution is -2.42. The second kappa shape index (κ2) is 4.88. The monoisotopic (exact) mass is 255 g/mol. The van der Waals surface area contributed by atoms with Crippen molar-refractivity contribution in [1.29, 1.82) is 0 Å². The summed E-state index contributed by atoms with van der Waals surface area (Å²) in [5.74, 6) is -1.07. The highest BCUT2D eigenvalue weighted by Crippen LogP contribution is 2.51. The summed E-state index contributed by atoms with van der Waals surface area (Å²) in [7, 11) is 1.64. The number of carboxylic acids is 1. The van der Waals surface area contributed by atoms with E-state index in [-0.39, 0.29) is 17.4 Å². The standard InChI is InChI=1S/C13H21NO4/c1-9-10(11(15)16)3-7-14(9)12(17)13(4-5-13)6-8-18-2/h9-10H,3-8H2,1-2H3,(H,15,16). The number of aliphatic carboxylic acids is 1. The Morgan fingerprint density at radius 3 is 2.56 bits per heavy atom. The highest BCUT2D eigenvalue weighted by molar-refractivity contribution is 5.86. The van der Waals surface area contributed by atoms with E-state index in [1.807, 2.05) is 6.92 Å². The Morgan fingerprint density at radius 2 is 2.11 bits per heavy atom. The van der Waals surface area contributed by atoms with Gasteiger partial charge in [0.25, 0.3) is 0 Å². The number of hydrogen-bond acceptors (Lipinski definition) is 3. The number of carbonyl (C=O) groups excluding carboxylic acids is 1. The maximum atomic E-state index is 12.5. The number of carbonyl (C=O) groups is 2. The fraction of sp³-hybridized carbons (Fsp3) is 0.846. The number of rotatable bonds is 5. The molecule has 0 radical (unpaired) electrons. The maximum absolute atomic E-state index is 12.5. The van der Waals surface area contributed by atoms with Gasteiger partial charge in [0.1, 0.15) is 0 Å². The Bertz CT molecular complexity index is 351. The maximum Gasteiger partial charge on any atom is 0.308 e. The van der Waals surface area contributed by atoms with Gasteiger partial charge in [0.15, 0.2) is 0 Å². The first-order chi connectivity index (χ1) is 8.52. The van der Waals surface area contributed by atoms with E-state index >= 15 is 0 Å². The van der Waals surface area contributed by atoms with Gasteiger partial charge in [0, 0.05) is 26.3 Å². The largest absolute Gasteiger partial charge is 0.481 e. The lowest BCUT2D eigenvalue weighted by atomic mass is 9.99. The Hall–Kier alpha value is -1.10. The molecule has 1 amide bonds. The first-order valence-corrected chi connectivity index (χ1v) is 6.55. The van der Waals surface area contributed by atoms with Gasteiger partial charge < -0.3 is 14.7 Å². The van der Waals surface area contributed by atoms with Crippen LogP contribution in [0.25, 0.3) is 0 Å². The highest BCUT2D eigenvalue weighted by atomic mass is 16.5. The third-order valence-electron chi connectivity index (χ3n) is 4.42. The summed E-state index contributed by atoms with van der Waals surface area (Å²) < 4.78 is 5.05. The van der Waals surface area contributed by atoms with Gasteiger partial charge in [-0.05, 0) is 32.6 Å².